The van der Waals surface area contributed by atoms with Crippen molar-refractivity contribution in [2.45, 2.75) is 19.9 Å². The van der Waals surface area contributed by atoms with Gasteiger partial charge in [-0.05, 0) is 36.8 Å². The fourth-order valence-corrected chi connectivity index (χ4v) is 4.38. The molecule has 3 rings (SSSR count). The van der Waals surface area contributed by atoms with E-state index in [2.05, 4.69) is 79.0 Å². The van der Waals surface area contributed by atoms with Crippen LogP contribution in [0.3, 0.4) is 0 Å². The number of para-hydroxylation sites is 1. The maximum absolute atomic E-state index is 6.29. The number of aryl methyl sites for hydroxylation is 1. The number of rotatable bonds is 7. The molecule has 0 aromatic heterocycles. The summed E-state index contributed by atoms with van der Waals surface area (Å²) in [5, 5.41) is 5.94. The first kappa shape index (κ1) is 17.9. The number of hydrogen-bond donors (Lipinski definition) is 1. The Morgan fingerprint density at radius 2 is 1.92 bits per heavy atom. The lowest BCUT2D eigenvalue weighted by atomic mass is 10.0. The predicted octanol–water partition coefficient (Wildman–Crippen LogP) is 3.85. The smallest absolute Gasteiger partial charge is 0.129 e. The number of hydrogen-bond acceptors (Lipinski definition) is 2. The minimum Gasteiger partial charge on any atom is -0.492 e. The average Bonchev–Trinajstić information content (AvgIpc) is 2.64. The zero-order chi connectivity index (χ0) is 17.5. The van der Waals surface area contributed by atoms with Gasteiger partial charge in [-0.2, -0.15) is 0 Å². The van der Waals surface area contributed by atoms with Gasteiger partial charge in [-0.15, -0.1) is 0 Å². The van der Waals surface area contributed by atoms with E-state index in [0.717, 1.165) is 25.3 Å². The highest BCUT2D eigenvalue weighted by molar-refractivity contribution is 7.55. The second kappa shape index (κ2) is 8.99. The Morgan fingerprint density at radius 1 is 1.08 bits per heavy atom. The minimum absolute atomic E-state index is 0.470. The Balaban J connectivity index is 1.78. The Bertz CT molecular complexity index is 766. The SMILES string of the molecule is CNCc1ccccc1Pc1cccc(C)c1OCC1C=CC=CC1. The van der Waals surface area contributed by atoms with Crippen LogP contribution in [-0.2, 0) is 6.54 Å². The molecule has 0 saturated heterocycles. The first-order chi connectivity index (χ1) is 12.3. The third-order valence-corrected chi connectivity index (χ3v) is 5.80. The summed E-state index contributed by atoms with van der Waals surface area (Å²) in [4.78, 5) is 0. The fourth-order valence-electron chi connectivity index (χ4n) is 3.02. The van der Waals surface area contributed by atoms with E-state index in [1.54, 1.807) is 0 Å². The molecule has 0 spiro atoms. The highest BCUT2D eigenvalue weighted by atomic mass is 31.1. The Hall–Kier alpha value is -1.89. The topological polar surface area (TPSA) is 21.3 Å². The molecule has 2 nitrogen and oxygen atoms in total. The van der Waals surface area contributed by atoms with Crippen LogP contribution in [0.2, 0.25) is 0 Å². The van der Waals surface area contributed by atoms with E-state index < -0.39 is 0 Å². The first-order valence-corrected chi connectivity index (χ1v) is 9.83. The zero-order valence-corrected chi connectivity index (χ0v) is 16.0. The lowest BCUT2D eigenvalue weighted by Gasteiger charge is -2.19. The molecule has 0 radical (unpaired) electrons. The standard InChI is InChI=1S/C22H26NOP/c1-17-9-8-14-21(22(17)24-16-18-10-4-3-5-11-18)25-20-13-7-6-12-19(20)15-23-2/h3-10,12-14,18,23,25H,11,15-16H2,1-2H3. The van der Waals surface area contributed by atoms with Crippen LogP contribution in [0.1, 0.15) is 17.5 Å². The fraction of sp³-hybridized carbons (Fsp3) is 0.273. The molecule has 25 heavy (non-hydrogen) atoms. The van der Waals surface area contributed by atoms with E-state index in [1.807, 2.05) is 7.05 Å². The predicted molar refractivity (Wildman–Crippen MR) is 110 cm³/mol. The van der Waals surface area contributed by atoms with E-state index in [4.69, 9.17) is 4.74 Å². The second-order valence-electron chi connectivity index (χ2n) is 6.38. The Labute approximate surface area is 152 Å². The molecule has 2 atom stereocenters. The van der Waals surface area contributed by atoms with Crippen LogP contribution in [-0.4, -0.2) is 13.7 Å². The summed E-state index contributed by atoms with van der Waals surface area (Å²) in [6, 6.07) is 15.1. The van der Waals surface area contributed by atoms with Gasteiger partial charge in [0, 0.05) is 17.8 Å². The summed E-state index contributed by atoms with van der Waals surface area (Å²) in [7, 11) is 2.60. The van der Waals surface area contributed by atoms with Gasteiger partial charge in [-0.25, -0.2) is 0 Å². The Morgan fingerprint density at radius 3 is 2.72 bits per heavy atom. The number of allylic oxidation sites excluding steroid dienone is 3. The molecule has 0 amide bonds. The quantitative estimate of drug-likeness (QED) is 0.765. The van der Waals surface area contributed by atoms with Crippen molar-refractivity contribution >= 4 is 19.2 Å². The van der Waals surface area contributed by atoms with Crippen LogP contribution in [0.5, 0.6) is 5.75 Å². The van der Waals surface area contributed by atoms with Crippen molar-refractivity contribution in [3.63, 3.8) is 0 Å². The largest absolute Gasteiger partial charge is 0.492 e. The molecule has 0 fully saturated rings. The maximum atomic E-state index is 6.29. The van der Waals surface area contributed by atoms with Gasteiger partial charge in [-0.3, -0.25) is 0 Å². The molecule has 2 aromatic carbocycles. The molecule has 3 heteroatoms. The highest BCUT2D eigenvalue weighted by Crippen LogP contribution is 2.25. The summed E-state index contributed by atoms with van der Waals surface area (Å²) in [5.74, 6) is 1.53. The van der Waals surface area contributed by atoms with Gasteiger partial charge in [0.15, 0.2) is 0 Å². The van der Waals surface area contributed by atoms with Gasteiger partial charge in [0.2, 0.25) is 0 Å². The van der Waals surface area contributed by atoms with E-state index in [0.29, 0.717) is 14.5 Å². The number of nitrogens with one attached hydrogen (secondary N) is 1. The summed E-state index contributed by atoms with van der Waals surface area (Å²) < 4.78 is 6.29. The molecule has 1 aliphatic carbocycles. The molecular formula is C22H26NOP. The molecule has 2 aromatic rings. The highest BCUT2D eigenvalue weighted by Gasteiger charge is 2.12. The van der Waals surface area contributed by atoms with E-state index in [1.165, 1.54) is 21.7 Å². The van der Waals surface area contributed by atoms with Crippen molar-refractivity contribution in [1.29, 1.82) is 0 Å². The molecule has 130 valence electrons. The van der Waals surface area contributed by atoms with Crippen molar-refractivity contribution in [2.24, 2.45) is 5.92 Å². The van der Waals surface area contributed by atoms with Crippen LogP contribution in [0.4, 0.5) is 0 Å². The molecule has 0 saturated carbocycles. The average molecular weight is 351 g/mol. The molecule has 0 aliphatic heterocycles. The third-order valence-electron chi connectivity index (χ3n) is 4.38. The van der Waals surface area contributed by atoms with Crippen molar-refractivity contribution in [3.8, 4) is 5.75 Å². The van der Waals surface area contributed by atoms with E-state index in [9.17, 15) is 0 Å². The van der Waals surface area contributed by atoms with Gasteiger partial charge in [0.1, 0.15) is 5.75 Å². The van der Waals surface area contributed by atoms with Gasteiger partial charge < -0.3 is 10.1 Å². The summed E-state index contributed by atoms with van der Waals surface area (Å²) in [5.41, 5.74) is 2.57. The summed E-state index contributed by atoms with van der Waals surface area (Å²) >= 11 is 0. The maximum Gasteiger partial charge on any atom is 0.129 e. The van der Waals surface area contributed by atoms with Gasteiger partial charge in [0.05, 0.1) is 6.61 Å². The first-order valence-electron chi connectivity index (χ1n) is 8.83. The van der Waals surface area contributed by atoms with Gasteiger partial charge in [0.25, 0.3) is 0 Å². The zero-order valence-electron chi connectivity index (χ0n) is 15.0. The van der Waals surface area contributed by atoms with Crippen LogP contribution < -0.4 is 20.7 Å². The van der Waals surface area contributed by atoms with E-state index >= 15 is 0 Å². The molecule has 1 N–H and O–H groups in total. The molecular weight excluding hydrogens is 325 g/mol. The van der Waals surface area contributed by atoms with Crippen LogP contribution in [0.25, 0.3) is 0 Å². The summed E-state index contributed by atoms with van der Waals surface area (Å²) in [6.45, 7) is 3.77. The monoisotopic (exact) mass is 351 g/mol. The van der Waals surface area contributed by atoms with E-state index in [-0.39, 0.29) is 0 Å². The summed E-state index contributed by atoms with van der Waals surface area (Å²) in [6.07, 6.45) is 9.73. The number of benzene rings is 2. The molecule has 0 heterocycles. The van der Waals surface area contributed by atoms with Gasteiger partial charge >= 0.3 is 0 Å². The lowest BCUT2D eigenvalue weighted by Crippen LogP contribution is -2.18. The van der Waals surface area contributed by atoms with Crippen LogP contribution in [0, 0.1) is 12.8 Å². The Kier molecular flexibility index (Phi) is 6.44. The normalized spacial score (nSPS) is 16.6. The second-order valence-corrected chi connectivity index (χ2v) is 7.71. The van der Waals surface area contributed by atoms with Crippen molar-refractivity contribution in [1.82, 2.24) is 5.32 Å². The van der Waals surface area contributed by atoms with Crippen LogP contribution in [0.15, 0.2) is 66.8 Å². The molecule has 0 bridgehead atoms. The molecule has 1 aliphatic rings. The number of ether oxygens (including phenoxy) is 1. The minimum atomic E-state index is 0.470. The third kappa shape index (κ3) is 4.81. The van der Waals surface area contributed by atoms with Crippen LogP contribution >= 0.6 is 8.58 Å². The van der Waals surface area contributed by atoms with Crippen molar-refractivity contribution in [3.05, 3.63) is 77.9 Å². The molecule has 2 unspecified atom stereocenters. The lowest BCUT2D eigenvalue weighted by molar-refractivity contribution is 0.276. The van der Waals surface area contributed by atoms with Gasteiger partial charge in [-0.1, -0.05) is 75.3 Å². The van der Waals surface area contributed by atoms with Crippen molar-refractivity contribution in [2.75, 3.05) is 13.7 Å². The van der Waals surface area contributed by atoms with Crippen molar-refractivity contribution < 1.29 is 4.74 Å².